The molecule has 2 rings (SSSR count). The Morgan fingerprint density at radius 2 is 2.00 bits per heavy atom. The molecule has 56 valence electrons. The van der Waals surface area contributed by atoms with Crippen molar-refractivity contribution in [3.8, 4) is 0 Å². The van der Waals surface area contributed by atoms with Crippen LogP contribution in [-0.4, -0.2) is 19.6 Å². The molecule has 0 aromatic heterocycles. The van der Waals surface area contributed by atoms with Crippen LogP contribution in [-0.2, 0) is 0 Å². The maximum atomic E-state index is 3.37. The maximum absolute atomic E-state index is 3.37. The van der Waals surface area contributed by atoms with Crippen molar-refractivity contribution in [3.63, 3.8) is 0 Å². The van der Waals surface area contributed by atoms with Crippen LogP contribution in [0.2, 0.25) is 0 Å². The van der Waals surface area contributed by atoms with Gasteiger partial charge in [-0.15, -0.1) is 0 Å². The summed E-state index contributed by atoms with van der Waals surface area (Å²) >= 11 is 0. The average Bonchev–Trinajstić information content (AvgIpc) is 2.39. The van der Waals surface area contributed by atoms with Gasteiger partial charge in [0, 0.05) is 12.0 Å². The fourth-order valence-corrected chi connectivity index (χ4v) is 1.82. The topological polar surface area (TPSA) is 24.1 Å². The minimum absolute atomic E-state index is 0.519. The molecule has 2 aliphatic heterocycles. The Hall–Kier alpha value is -0.500. The summed E-state index contributed by atoms with van der Waals surface area (Å²) in [5.74, 6) is 0. The second-order valence-corrected chi connectivity index (χ2v) is 3.33. The monoisotopic (exact) mass is 138 g/mol. The highest BCUT2D eigenvalue weighted by atomic mass is 14.9. The van der Waals surface area contributed by atoms with Crippen LogP contribution >= 0.6 is 0 Å². The molecule has 0 radical (unpaired) electrons. The van der Waals surface area contributed by atoms with E-state index in [0.29, 0.717) is 5.41 Å². The predicted octanol–water partition coefficient (Wildman–Crippen LogP) is 0.473. The lowest BCUT2D eigenvalue weighted by atomic mass is 9.80. The minimum Gasteiger partial charge on any atom is -0.390 e. The highest BCUT2D eigenvalue weighted by Crippen LogP contribution is 2.31. The largest absolute Gasteiger partial charge is 0.390 e. The molecule has 10 heavy (non-hydrogen) atoms. The first-order valence-corrected chi connectivity index (χ1v) is 4.03. The molecule has 1 spiro atoms. The van der Waals surface area contributed by atoms with Crippen molar-refractivity contribution in [1.82, 2.24) is 10.6 Å². The first kappa shape index (κ1) is 6.23. The van der Waals surface area contributed by atoms with Gasteiger partial charge in [0.05, 0.1) is 0 Å². The van der Waals surface area contributed by atoms with E-state index >= 15 is 0 Å². The summed E-state index contributed by atoms with van der Waals surface area (Å²) in [4.78, 5) is 0. The number of rotatable bonds is 0. The highest BCUT2D eigenvalue weighted by Gasteiger charge is 2.30. The Labute approximate surface area is 61.7 Å². The summed E-state index contributed by atoms with van der Waals surface area (Å²) in [6.45, 7) is 3.53. The van der Waals surface area contributed by atoms with E-state index in [1.165, 1.54) is 25.9 Å². The smallest absolute Gasteiger partial charge is 0.0234 e. The molecule has 0 amide bonds. The van der Waals surface area contributed by atoms with Crippen LogP contribution in [0.4, 0.5) is 0 Å². The fraction of sp³-hybridized carbons (Fsp3) is 0.750. The Balaban J connectivity index is 2.05. The standard InChI is InChI=1S/C8H14N2/c1-4-9-5-2-8(1)3-6-10-7-8/h3,6,9-10H,1-2,4-5,7H2. The van der Waals surface area contributed by atoms with Crippen molar-refractivity contribution in [3.05, 3.63) is 12.3 Å². The normalized spacial score (nSPS) is 28.8. The van der Waals surface area contributed by atoms with E-state index in [-0.39, 0.29) is 0 Å². The Morgan fingerprint density at radius 3 is 2.60 bits per heavy atom. The molecule has 0 unspecified atom stereocenters. The number of piperidine rings is 1. The van der Waals surface area contributed by atoms with E-state index in [2.05, 4.69) is 22.9 Å². The molecule has 1 saturated heterocycles. The van der Waals surface area contributed by atoms with E-state index in [1.54, 1.807) is 0 Å². The lowest BCUT2D eigenvalue weighted by Crippen LogP contribution is -2.38. The second kappa shape index (κ2) is 2.27. The van der Waals surface area contributed by atoms with Gasteiger partial charge in [-0.05, 0) is 32.1 Å². The number of nitrogens with one attached hydrogen (secondary N) is 2. The van der Waals surface area contributed by atoms with Crippen LogP contribution in [0.5, 0.6) is 0 Å². The fourth-order valence-electron chi connectivity index (χ4n) is 1.82. The van der Waals surface area contributed by atoms with E-state index in [4.69, 9.17) is 0 Å². The third-order valence-corrected chi connectivity index (χ3v) is 2.61. The molecular weight excluding hydrogens is 124 g/mol. The predicted molar refractivity (Wildman–Crippen MR) is 41.7 cm³/mol. The molecule has 2 aliphatic rings. The maximum Gasteiger partial charge on any atom is 0.0234 e. The molecule has 2 nitrogen and oxygen atoms in total. The summed E-state index contributed by atoms with van der Waals surface area (Å²) in [5, 5.41) is 6.65. The molecular formula is C8H14N2. The van der Waals surface area contributed by atoms with Gasteiger partial charge in [0.15, 0.2) is 0 Å². The zero-order valence-corrected chi connectivity index (χ0v) is 6.19. The molecule has 0 saturated carbocycles. The van der Waals surface area contributed by atoms with Crippen LogP contribution in [0, 0.1) is 5.41 Å². The SMILES string of the molecule is C1=CC2(CCNCC2)CN1. The molecule has 0 aromatic rings. The van der Waals surface area contributed by atoms with Crippen LogP contribution in [0.3, 0.4) is 0 Å². The van der Waals surface area contributed by atoms with Crippen molar-refractivity contribution in [2.24, 2.45) is 5.41 Å². The third kappa shape index (κ3) is 0.926. The van der Waals surface area contributed by atoms with E-state index in [1.807, 2.05) is 0 Å². The van der Waals surface area contributed by atoms with Gasteiger partial charge < -0.3 is 10.6 Å². The molecule has 2 N–H and O–H groups in total. The van der Waals surface area contributed by atoms with Gasteiger partial charge in [-0.3, -0.25) is 0 Å². The number of hydrogen-bond acceptors (Lipinski definition) is 2. The summed E-state index contributed by atoms with van der Waals surface area (Å²) in [5.41, 5.74) is 0.519. The molecule has 2 heteroatoms. The molecule has 2 heterocycles. The second-order valence-electron chi connectivity index (χ2n) is 3.33. The van der Waals surface area contributed by atoms with Gasteiger partial charge in [0.2, 0.25) is 0 Å². The van der Waals surface area contributed by atoms with Crippen LogP contribution in [0.25, 0.3) is 0 Å². The van der Waals surface area contributed by atoms with Crippen molar-refractivity contribution in [1.29, 1.82) is 0 Å². The zero-order valence-electron chi connectivity index (χ0n) is 6.19. The lowest BCUT2D eigenvalue weighted by molar-refractivity contribution is 0.285. The quantitative estimate of drug-likeness (QED) is 0.508. The minimum atomic E-state index is 0.519. The van der Waals surface area contributed by atoms with Crippen molar-refractivity contribution < 1.29 is 0 Å². The van der Waals surface area contributed by atoms with Gasteiger partial charge in [-0.1, -0.05) is 6.08 Å². The molecule has 0 bridgehead atoms. The van der Waals surface area contributed by atoms with Gasteiger partial charge in [-0.25, -0.2) is 0 Å². The molecule has 0 atom stereocenters. The molecule has 0 aliphatic carbocycles. The summed E-state index contributed by atoms with van der Waals surface area (Å²) in [6, 6.07) is 0. The number of hydrogen-bond donors (Lipinski definition) is 2. The van der Waals surface area contributed by atoms with Crippen molar-refractivity contribution in [2.75, 3.05) is 19.6 Å². The highest BCUT2D eigenvalue weighted by molar-refractivity contribution is 5.08. The first-order chi connectivity index (χ1) is 4.91. The van der Waals surface area contributed by atoms with Crippen molar-refractivity contribution >= 4 is 0 Å². The van der Waals surface area contributed by atoms with E-state index < -0.39 is 0 Å². The Kier molecular flexibility index (Phi) is 1.42. The zero-order chi connectivity index (χ0) is 6.86. The average molecular weight is 138 g/mol. The van der Waals surface area contributed by atoms with Crippen molar-refractivity contribution in [2.45, 2.75) is 12.8 Å². The Morgan fingerprint density at radius 1 is 1.20 bits per heavy atom. The van der Waals surface area contributed by atoms with Gasteiger partial charge in [0.25, 0.3) is 0 Å². The van der Waals surface area contributed by atoms with Gasteiger partial charge in [-0.2, -0.15) is 0 Å². The molecule has 1 fully saturated rings. The summed E-state index contributed by atoms with van der Waals surface area (Å²) in [6.07, 6.45) is 7.05. The summed E-state index contributed by atoms with van der Waals surface area (Å²) < 4.78 is 0. The molecule has 0 aromatic carbocycles. The van der Waals surface area contributed by atoms with Crippen LogP contribution in [0.1, 0.15) is 12.8 Å². The van der Waals surface area contributed by atoms with E-state index in [9.17, 15) is 0 Å². The van der Waals surface area contributed by atoms with Gasteiger partial charge >= 0.3 is 0 Å². The van der Waals surface area contributed by atoms with Crippen LogP contribution in [0.15, 0.2) is 12.3 Å². The lowest BCUT2D eigenvalue weighted by Gasteiger charge is -2.31. The van der Waals surface area contributed by atoms with Crippen LogP contribution < -0.4 is 10.6 Å². The first-order valence-electron chi connectivity index (χ1n) is 4.03. The van der Waals surface area contributed by atoms with Gasteiger partial charge in [0.1, 0.15) is 0 Å². The summed E-state index contributed by atoms with van der Waals surface area (Å²) in [7, 11) is 0. The van der Waals surface area contributed by atoms with E-state index in [0.717, 1.165) is 6.54 Å². The third-order valence-electron chi connectivity index (χ3n) is 2.61. The Bertz CT molecular complexity index is 145.